The Kier molecular flexibility index (Phi) is 4.98. The fourth-order valence-corrected chi connectivity index (χ4v) is 5.20. The number of hydrogen-bond acceptors (Lipinski definition) is 5. The van der Waals surface area contributed by atoms with Crippen molar-refractivity contribution < 1.29 is 19.4 Å². The van der Waals surface area contributed by atoms with Crippen molar-refractivity contribution in [2.24, 2.45) is 5.92 Å². The fourth-order valence-electron chi connectivity index (χ4n) is 4.32. The summed E-state index contributed by atoms with van der Waals surface area (Å²) in [5.74, 6) is -0.578. The Bertz CT molecular complexity index is 1110. The summed E-state index contributed by atoms with van der Waals surface area (Å²) in [7, 11) is 0. The number of thiazole rings is 1. The second-order valence-electron chi connectivity index (χ2n) is 8.15. The molecule has 1 heterocycles. The molecule has 0 radical (unpaired) electrons. The third-order valence-corrected chi connectivity index (χ3v) is 6.90. The summed E-state index contributed by atoms with van der Waals surface area (Å²) in [5.41, 5.74) is 5.16. The van der Waals surface area contributed by atoms with Gasteiger partial charge < -0.3 is 9.84 Å². The number of anilines is 1. The zero-order valence-electron chi connectivity index (χ0n) is 17.0. The maximum atomic E-state index is 13.1. The zero-order valence-corrected chi connectivity index (χ0v) is 17.8. The maximum Gasteiger partial charge on any atom is 0.416 e. The first-order chi connectivity index (χ1) is 15.0. The van der Waals surface area contributed by atoms with Gasteiger partial charge in [-0.2, -0.15) is 0 Å². The number of hydrogen-bond donors (Lipinski definition) is 1. The smallest absolute Gasteiger partial charge is 0.416 e. The molecular weight excluding hydrogens is 412 g/mol. The van der Waals surface area contributed by atoms with Crippen molar-refractivity contribution in [1.29, 1.82) is 0 Å². The SMILES string of the molecule is CC1CC1N(C(=O)OCC1c2ccccc2-c2ccccc21)c1nc(CC(=O)O)cs1. The van der Waals surface area contributed by atoms with E-state index >= 15 is 0 Å². The molecule has 1 aromatic heterocycles. The molecule has 31 heavy (non-hydrogen) atoms. The van der Waals surface area contributed by atoms with E-state index in [0.29, 0.717) is 16.7 Å². The summed E-state index contributed by atoms with van der Waals surface area (Å²) < 4.78 is 5.83. The van der Waals surface area contributed by atoms with Gasteiger partial charge in [0.15, 0.2) is 5.13 Å². The minimum Gasteiger partial charge on any atom is -0.481 e. The molecule has 5 rings (SSSR count). The Labute approximate surface area is 184 Å². The van der Waals surface area contributed by atoms with Crippen molar-refractivity contribution in [3.8, 4) is 11.1 Å². The van der Waals surface area contributed by atoms with Crippen LogP contribution < -0.4 is 4.90 Å². The number of carboxylic acids is 1. The number of carboxylic acid groups (broad SMARTS) is 1. The minimum absolute atomic E-state index is 0.00584. The number of rotatable bonds is 6. The summed E-state index contributed by atoms with van der Waals surface area (Å²) in [4.78, 5) is 30.1. The number of carbonyl (C=O) groups is 2. The number of aromatic nitrogens is 1. The Morgan fingerprint density at radius 3 is 2.32 bits per heavy atom. The third-order valence-electron chi connectivity index (χ3n) is 6.01. The summed E-state index contributed by atoms with van der Waals surface area (Å²) in [6.45, 7) is 2.33. The number of carbonyl (C=O) groups excluding carboxylic acids is 1. The second kappa shape index (κ2) is 7.81. The maximum absolute atomic E-state index is 13.1. The number of benzene rings is 2. The van der Waals surface area contributed by atoms with Crippen molar-refractivity contribution in [2.45, 2.75) is 31.7 Å². The predicted molar refractivity (Wildman–Crippen MR) is 119 cm³/mol. The van der Waals surface area contributed by atoms with E-state index in [-0.39, 0.29) is 25.0 Å². The molecule has 0 spiro atoms. The number of aliphatic carboxylic acids is 1. The van der Waals surface area contributed by atoms with Gasteiger partial charge in [0.25, 0.3) is 0 Å². The van der Waals surface area contributed by atoms with Crippen molar-refractivity contribution in [2.75, 3.05) is 11.5 Å². The Balaban J connectivity index is 1.36. The molecule has 2 aromatic carbocycles. The summed E-state index contributed by atoms with van der Waals surface area (Å²) in [5, 5.41) is 11.2. The van der Waals surface area contributed by atoms with E-state index in [2.05, 4.69) is 36.2 Å². The Morgan fingerprint density at radius 2 is 1.74 bits per heavy atom. The van der Waals surface area contributed by atoms with Gasteiger partial charge in [-0.3, -0.25) is 4.79 Å². The summed E-state index contributed by atoms with van der Waals surface area (Å²) >= 11 is 1.28. The fraction of sp³-hybridized carbons (Fsp3) is 0.292. The number of amides is 1. The number of fused-ring (bicyclic) bond motifs is 3. The molecule has 1 saturated carbocycles. The Hall–Kier alpha value is -3.19. The van der Waals surface area contributed by atoms with Crippen LogP contribution >= 0.6 is 11.3 Å². The highest BCUT2D eigenvalue weighted by Gasteiger charge is 2.44. The monoisotopic (exact) mass is 434 g/mol. The first-order valence-electron chi connectivity index (χ1n) is 10.3. The lowest BCUT2D eigenvalue weighted by atomic mass is 9.98. The van der Waals surface area contributed by atoms with E-state index in [9.17, 15) is 9.59 Å². The molecule has 2 aliphatic rings. The highest BCUT2D eigenvalue weighted by molar-refractivity contribution is 7.14. The topological polar surface area (TPSA) is 79.7 Å². The zero-order chi connectivity index (χ0) is 21.5. The molecule has 6 nitrogen and oxygen atoms in total. The van der Waals surface area contributed by atoms with Crippen LogP contribution in [0.1, 0.15) is 36.1 Å². The molecule has 0 bridgehead atoms. The lowest BCUT2D eigenvalue weighted by molar-refractivity contribution is -0.136. The number of ether oxygens (including phenoxy) is 1. The van der Waals surface area contributed by atoms with Crippen molar-refractivity contribution >= 4 is 28.5 Å². The molecule has 1 N–H and O–H groups in total. The van der Waals surface area contributed by atoms with Crippen molar-refractivity contribution in [3.05, 3.63) is 70.7 Å². The highest BCUT2D eigenvalue weighted by Crippen LogP contribution is 2.45. The van der Waals surface area contributed by atoms with E-state index in [1.165, 1.54) is 33.6 Å². The predicted octanol–water partition coefficient (Wildman–Crippen LogP) is 4.93. The summed E-state index contributed by atoms with van der Waals surface area (Å²) in [6.07, 6.45) is 0.306. The molecule has 0 saturated heterocycles. The van der Waals surface area contributed by atoms with E-state index in [1.807, 2.05) is 24.3 Å². The first kappa shape index (κ1) is 19.8. The van der Waals surface area contributed by atoms with Gasteiger partial charge in [-0.15, -0.1) is 11.3 Å². The van der Waals surface area contributed by atoms with Gasteiger partial charge in [0.1, 0.15) is 6.61 Å². The molecule has 2 atom stereocenters. The molecular formula is C24H22N2O4S. The van der Waals surface area contributed by atoms with Gasteiger partial charge >= 0.3 is 12.1 Å². The van der Waals surface area contributed by atoms with Crippen LogP contribution in [0.5, 0.6) is 0 Å². The van der Waals surface area contributed by atoms with Gasteiger partial charge in [-0.05, 0) is 34.6 Å². The summed E-state index contributed by atoms with van der Waals surface area (Å²) in [6, 6.07) is 16.5. The van der Waals surface area contributed by atoms with E-state index < -0.39 is 12.1 Å². The van der Waals surface area contributed by atoms with Crippen LogP contribution in [-0.4, -0.2) is 34.8 Å². The van der Waals surface area contributed by atoms with Gasteiger partial charge in [-0.25, -0.2) is 14.7 Å². The average Bonchev–Trinajstić information content (AvgIpc) is 3.16. The van der Waals surface area contributed by atoms with Crippen LogP contribution in [0.15, 0.2) is 53.9 Å². The molecule has 7 heteroatoms. The van der Waals surface area contributed by atoms with E-state index in [0.717, 1.165) is 6.42 Å². The second-order valence-corrected chi connectivity index (χ2v) is 8.98. The largest absolute Gasteiger partial charge is 0.481 e. The average molecular weight is 435 g/mol. The minimum atomic E-state index is -0.940. The van der Waals surface area contributed by atoms with Crippen LogP contribution in [0.25, 0.3) is 11.1 Å². The normalized spacial score (nSPS) is 18.9. The molecule has 2 unspecified atom stereocenters. The van der Waals surface area contributed by atoms with Crippen molar-refractivity contribution in [1.82, 2.24) is 4.98 Å². The van der Waals surface area contributed by atoms with Gasteiger partial charge in [-0.1, -0.05) is 55.5 Å². The standard InChI is InChI=1S/C24H22N2O4S/c1-14-10-21(14)26(23-25-15(13-31-23)11-22(27)28)24(29)30-12-20-18-8-4-2-6-16(18)17-7-3-5-9-19(17)20/h2-9,13-14,20-21H,10-12H2,1H3,(H,27,28). The Morgan fingerprint density at radius 1 is 1.13 bits per heavy atom. The van der Waals surface area contributed by atoms with E-state index in [1.54, 1.807) is 10.3 Å². The van der Waals surface area contributed by atoms with Crippen LogP contribution in [0.3, 0.4) is 0 Å². The third kappa shape index (κ3) is 3.70. The van der Waals surface area contributed by atoms with Crippen LogP contribution in [0.4, 0.5) is 9.93 Å². The van der Waals surface area contributed by atoms with Gasteiger partial charge in [0.05, 0.1) is 12.1 Å². The molecule has 3 aromatic rings. The van der Waals surface area contributed by atoms with Crippen LogP contribution in [0.2, 0.25) is 0 Å². The molecule has 1 amide bonds. The van der Waals surface area contributed by atoms with Crippen molar-refractivity contribution in [3.63, 3.8) is 0 Å². The van der Waals surface area contributed by atoms with Gasteiger partial charge in [0.2, 0.25) is 0 Å². The molecule has 158 valence electrons. The highest BCUT2D eigenvalue weighted by atomic mass is 32.1. The number of nitrogens with zero attached hydrogens (tertiary/aromatic N) is 2. The first-order valence-corrected chi connectivity index (χ1v) is 11.2. The van der Waals surface area contributed by atoms with Gasteiger partial charge in [0, 0.05) is 17.3 Å². The molecule has 1 fully saturated rings. The molecule has 2 aliphatic carbocycles. The molecule has 0 aliphatic heterocycles. The lowest BCUT2D eigenvalue weighted by Crippen LogP contribution is -2.35. The van der Waals surface area contributed by atoms with Crippen LogP contribution in [0, 0.1) is 5.92 Å². The lowest BCUT2D eigenvalue weighted by Gasteiger charge is -2.21. The van der Waals surface area contributed by atoms with E-state index in [4.69, 9.17) is 9.84 Å². The van der Waals surface area contributed by atoms with Crippen LogP contribution in [-0.2, 0) is 16.0 Å². The quantitative estimate of drug-likeness (QED) is 0.595.